The first-order valence-electron chi connectivity index (χ1n) is 8.45. The van der Waals surface area contributed by atoms with Crippen LogP contribution >= 0.6 is 12.4 Å². The fraction of sp³-hybridized carbons (Fsp3) is 0.611. The van der Waals surface area contributed by atoms with Crippen LogP contribution in [0.3, 0.4) is 0 Å². The highest BCUT2D eigenvalue weighted by molar-refractivity contribution is 5.94. The van der Waals surface area contributed by atoms with Gasteiger partial charge in [-0.1, -0.05) is 6.92 Å². The molecule has 3 rings (SSSR count). The molecule has 2 unspecified atom stereocenters. The van der Waals surface area contributed by atoms with Gasteiger partial charge in [-0.15, -0.1) is 12.4 Å². The topological polar surface area (TPSA) is 55.6 Å². The van der Waals surface area contributed by atoms with E-state index in [0.29, 0.717) is 18.6 Å². The number of likely N-dealkylation sites (tertiary alicyclic amines) is 1. The first-order chi connectivity index (χ1) is 10.7. The summed E-state index contributed by atoms with van der Waals surface area (Å²) in [5.41, 5.74) is 6.59. The van der Waals surface area contributed by atoms with E-state index in [1.807, 2.05) is 29.2 Å². The summed E-state index contributed by atoms with van der Waals surface area (Å²) in [6.07, 6.45) is 5.98. The lowest BCUT2D eigenvalue weighted by Gasteiger charge is -2.38. The zero-order valence-electron chi connectivity index (χ0n) is 13.7. The number of amides is 1. The molecule has 0 spiro atoms. The second kappa shape index (κ2) is 8.02. The Morgan fingerprint density at radius 2 is 1.96 bits per heavy atom. The summed E-state index contributed by atoms with van der Waals surface area (Å²) in [5, 5.41) is 0. The smallest absolute Gasteiger partial charge is 0.254 e. The molecule has 2 N–H and O–H groups in total. The van der Waals surface area contributed by atoms with Crippen LogP contribution in [0.2, 0.25) is 0 Å². The Hall–Kier alpha value is -1.26. The minimum absolute atomic E-state index is 0. The molecular formula is C18H27ClN2O2. The number of hydrogen-bond acceptors (Lipinski definition) is 3. The predicted octanol–water partition coefficient (Wildman–Crippen LogP) is 3.24. The number of nitrogens with zero attached hydrogens (tertiary/aromatic N) is 1. The predicted molar refractivity (Wildman–Crippen MR) is 94.2 cm³/mol. The van der Waals surface area contributed by atoms with E-state index in [1.165, 1.54) is 6.42 Å². The first-order valence-corrected chi connectivity index (χ1v) is 8.45. The maximum atomic E-state index is 12.7. The summed E-state index contributed by atoms with van der Waals surface area (Å²) in [6.45, 7) is 3.58. The number of carbonyl (C=O) groups is 1. The minimum atomic E-state index is 0. The number of benzene rings is 1. The Balaban J connectivity index is 0.00000192. The number of ether oxygens (including phenoxy) is 1. The molecule has 1 aliphatic carbocycles. The lowest BCUT2D eigenvalue weighted by atomic mass is 9.92. The van der Waals surface area contributed by atoms with Gasteiger partial charge in [0.25, 0.3) is 5.91 Å². The third-order valence-electron chi connectivity index (χ3n) is 4.97. The third kappa shape index (κ3) is 4.18. The van der Waals surface area contributed by atoms with Crippen LogP contribution in [-0.4, -0.2) is 36.0 Å². The molecule has 1 aromatic carbocycles. The molecule has 0 aromatic heterocycles. The van der Waals surface area contributed by atoms with Gasteiger partial charge in [0.05, 0.1) is 6.10 Å². The second-order valence-electron chi connectivity index (χ2n) is 6.71. The van der Waals surface area contributed by atoms with Crippen LogP contribution in [-0.2, 0) is 0 Å². The van der Waals surface area contributed by atoms with E-state index in [2.05, 4.69) is 6.92 Å². The van der Waals surface area contributed by atoms with Crippen molar-refractivity contribution in [2.75, 3.05) is 13.1 Å². The van der Waals surface area contributed by atoms with Gasteiger partial charge in [0.1, 0.15) is 5.75 Å². The molecule has 1 saturated heterocycles. The summed E-state index contributed by atoms with van der Waals surface area (Å²) >= 11 is 0. The number of piperidine rings is 1. The van der Waals surface area contributed by atoms with Crippen molar-refractivity contribution < 1.29 is 9.53 Å². The van der Waals surface area contributed by atoms with Crippen LogP contribution < -0.4 is 10.5 Å². The van der Waals surface area contributed by atoms with E-state index in [-0.39, 0.29) is 24.4 Å². The maximum absolute atomic E-state index is 12.7. The zero-order chi connectivity index (χ0) is 15.5. The highest BCUT2D eigenvalue weighted by Crippen LogP contribution is 2.27. The Morgan fingerprint density at radius 3 is 2.52 bits per heavy atom. The number of carbonyl (C=O) groups excluding carboxylic acids is 1. The molecule has 2 atom stereocenters. The Kier molecular flexibility index (Phi) is 6.31. The molecule has 2 fully saturated rings. The van der Waals surface area contributed by atoms with E-state index in [0.717, 1.165) is 43.5 Å². The van der Waals surface area contributed by atoms with Crippen LogP contribution in [0, 0.1) is 5.92 Å². The average molecular weight is 339 g/mol. The van der Waals surface area contributed by atoms with Crippen molar-refractivity contribution in [3.63, 3.8) is 0 Å². The number of halogens is 1. The van der Waals surface area contributed by atoms with Crippen LogP contribution in [0.4, 0.5) is 0 Å². The van der Waals surface area contributed by atoms with Crippen molar-refractivity contribution in [2.24, 2.45) is 11.7 Å². The molecule has 2 aliphatic rings. The van der Waals surface area contributed by atoms with Gasteiger partial charge in [-0.25, -0.2) is 0 Å². The second-order valence-corrected chi connectivity index (χ2v) is 6.71. The molecule has 5 heteroatoms. The lowest BCUT2D eigenvalue weighted by molar-refractivity contribution is 0.0573. The minimum Gasteiger partial charge on any atom is -0.490 e. The monoisotopic (exact) mass is 338 g/mol. The van der Waals surface area contributed by atoms with Crippen LogP contribution in [0.5, 0.6) is 5.75 Å². The molecule has 0 radical (unpaired) electrons. The van der Waals surface area contributed by atoms with Crippen LogP contribution in [0.15, 0.2) is 24.3 Å². The molecule has 0 bridgehead atoms. The van der Waals surface area contributed by atoms with Gasteiger partial charge in [0.2, 0.25) is 0 Å². The number of rotatable bonds is 4. The largest absolute Gasteiger partial charge is 0.490 e. The molecule has 1 amide bonds. The summed E-state index contributed by atoms with van der Waals surface area (Å²) in [5.74, 6) is 1.61. The highest BCUT2D eigenvalue weighted by atomic mass is 35.5. The SMILES string of the molecule is CC1CCN(C(=O)c2ccc(OC3CCC3)cc2)C(CN)C1.Cl. The van der Waals surface area contributed by atoms with Crippen molar-refractivity contribution in [1.29, 1.82) is 0 Å². The Bertz CT molecular complexity index is 516. The first kappa shape index (κ1) is 18.1. The van der Waals surface area contributed by atoms with Gasteiger partial charge >= 0.3 is 0 Å². The number of nitrogens with two attached hydrogens (primary N) is 1. The fourth-order valence-electron chi connectivity index (χ4n) is 3.27. The summed E-state index contributed by atoms with van der Waals surface area (Å²) in [7, 11) is 0. The van der Waals surface area contributed by atoms with Gasteiger partial charge in [-0.05, 0) is 62.3 Å². The Labute approximate surface area is 144 Å². The van der Waals surface area contributed by atoms with E-state index in [4.69, 9.17) is 10.5 Å². The van der Waals surface area contributed by atoms with Gasteiger partial charge in [0.15, 0.2) is 0 Å². The normalized spacial score (nSPS) is 24.5. The van der Waals surface area contributed by atoms with E-state index >= 15 is 0 Å². The van der Waals surface area contributed by atoms with Gasteiger partial charge in [-0.2, -0.15) is 0 Å². The van der Waals surface area contributed by atoms with Gasteiger partial charge in [-0.3, -0.25) is 4.79 Å². The molecule has 4 nitrogen and oxygen atoms in total. The van der Waals surface area contributed by atoms with Crippen LogP contribution in [0.1, 0.15) is 49.4 Å². The molecule has 1 aromatic rings. The standard InChI is InChI=1S/C18H26N2O2.ClH/c1-13-9-10-20(15(11-13)12-19)18(21)14-5-7-17(8-6-14)22-16-3-2-4-16;/h5-8,13,15-16H,2-4,9-12,19H2,1H3;1H. The van der Waals surface area contributed by atoms with Crippen molar-refractivity contribution >= 4 is 18.3 Å². The van der Waals surface area contributed by atoms with E-state index in [9.17, 15) is 4.79 Å². The van der Waals surface area contributed by atoms with E-state index < -0.39 is 0 Å². The fourth-order valence-corrected chi connectivity index (χ4v) is 3.27. The highest BCUT2D eigenvalue weighted by Gasteiger charge is 2.29. The molecule has 1 heterocycles. The average Bonchev–Trinajstić information content (AvgIpc) is 2.50. The number of hydrogen-bond donors (Lipinski definition) is 1. The Morgan fingerprint density at radius 1 is 1.26 bits per heavy atom. The molecule has 1 saturated carbocycles. The van der Waals surface area contributed by atoms with Gasteiger partial charge in [0, 0.05) is 24.7 Å². The van der Waals surface area contributed by atoms with Crippen LogP contribution in [0.25, 0.3) is 0 Å². The summed E-state index contributed by atoms with van der Waals surface area (Å²) < 4.78 is 5.84. The molecule has 1 aliphatic heterocycles. The zero-order valence-corrected chi connectivity index (χ0v) is 14.6. The van der Waals surface area contributed by atoms with Crippen molar-refractivity contribution in [3.8, 4) is 5.75 Å². The van der Waals surface area contributed by atoms with Crippen molar-refractivity contribution in [3.05, 3.63) is 29.8 Å². The summed E-state index contributed by atoms with van der Waals surface area (Å²) in [4.78, 5) is 14.7. The summed E-state index contributed by atoms with van der Waals surface area (Å²) in [6, 6.07) is 7.75. The van der Waals surface area contributed by atoms with Crippen molar-refractivity contribution in [2.45, 2.75) is 51.2 Å². The van der Waals surface area contributed by atoms with Crippen molar-refractivity contribution in [1.82, 2.24) is 4.90 Å². The quantitative estimate of drug-likeness (QED) is 0.917. The van der Waals surface area contributed by atoms with E-state index in [1.54, 1.807) is 0 Å². The lowest BCUT2D eigenvalue weighted by Crippen LogP contribution is -2.49. The van der Waals surface area contributed by atoms with Gasteiger partial charge < -0.3 is 15.4 Å². The molecule has 128 valence electrons. The molecular weight excluding hydrogens is 312 g/mol. The maximum Gasteiger partial charge on any atom is 0.254 e. The third-order valence-corrected chi connectivity index (χ3v) is 4.97. The molecule has 23 heavy (non-hydrogen) atoms.